The van der Waals surface area contributed by atoms with Crippen molar-refractivity contribution in [1.29, 1.82) is 0 Å². The molecule has 0 unspecified atom stereocenters. The molecule has 5 aromatic rings. The zero-order chi connectivity index (χ0) is 67.1. The number of aliphatic hydroxyl groups excluding tert-OH is 6. The van der Waals surface area contributed by atoms with Crippen LogP contribution in [0.15, 0.2) is 133 Å². The van der Waals surface area contributed by atoms with Crippen LogP contribution in [0.4, 0.5) is 0 Å². The van der Waals surface area contributed by atoms with E-state index in [1.807, 2.05) is 60.7 Å². The molecule has 28 heteroatoms. The smallest absolute Gasteiger partial charge is 0.870 e. The Bertz CT molecular complexity index is 3280. The Morgan fingerprint density at radius 1 is 0.562 bits per heavy atom. The van der Waals surface area contributed by atoms with E-state index in [2.05, 4.69) is 26.6 Å². The van der Waals surface area contributed by atoms with E-state index >= 15 is 0 Å². The second-order valence-electron chi connectivity index (χ2n) is 23.0. The number of ether oxygens (including phenoxy) is 3. The van der Waals surface area contributed by atoms with Gasteiger partial charge >= 0.3 is 59.1 Å². The molecule has 12 N–H and O–H groups in total. The molecule has 5 aromatic carbocycles. The summed E-state index contributed by atoms with van der Waals surface area (Å²) in [5.41, 5.74) is 2.98. The van der Waals surface area contributed by atoms with Crippen LogP contribution in [0, 0.1) is 0 Å². The molecule has 12 atom stereocenters. The molecule has 508 valence electrons. The van der Waals surface area contributed by atoms with Crippen molar-refractivity contribution < 1.29 is 153 Å². The van der Waals surface area contributed by atoms with E-state index in [1.165, 1.54) is 25.6 Å². The maximum absolute atomic E-state index is 13.0. The van der Waals surface area contributed by atoms with Crippen LogP contribution < -0.4 is 90.8 Å². The topological polar surface area (TPSA) is 399 Å². The van der Waals surface area contributed by atoms with E-state index < -0.39 is 128 Å². The van der Waals surface area contributed by atoms with Gasteiger partial charge in [-0.2, -0.15) is 23.5 Å². The van der Waals surface area contributed by atoms with Gasteiger partial charge < -0.3 is 91.6 Å². The number of aliphatic carboxylic acids is 1. The van der Waals surface area contributed by atoms with E-state index in [0.717, 1.165) is 22.3 Å². The molecule has 0 spiro atoms. The van der Waals surface area contributed by atoms with Gasteiger partial charge in [0.2, 0.25) is 11.8 Å². The van der Waals surface area contributed by atoms with Crippen LogP contribution in [-0.2, 0) is 33.4 Å². The number of carbonyl (C=O) groups is 7. The fourth-order valence-electron chi connectivity index (χ4n) is 11.0. The van der Waals surface area contributed by atoms with E-state index in [1.54, 1.807) is 90.8 Å². The number of aliphatic hydroxyl groups is 6. The van der Waals surface area contributed by atoms with E-state index in [4.69, 9.17) is 14.2 Å². The minimum absolute atomic E-state index is 0. The first-order valence-electron chi connectivity index (χ1n) is 30.8. The van der Waals surface area contributed by atoms with Crippen molar-refractivity contribution in [2.45, 2.75) is 138 Å². The van der Waals surface area contributed by atoms with Crippen LogP contribution in [0.1, 0.15) is 107 Å². The van der Waals surface area contributed by atoms with Crippen LogP contribution >= 0.6 is 23.5 Å². The standard InChI is InChI=1S/C68H82N5O18S2.2Na.H2O/c1-42(75)72-57-53(78)37-67(66(87)88,90-61(57)59(82)55(80)39-70-64(85)50-24-18-46(19-25-50)44-13-5-3-6-14-44)30-9-10-33-92-34-11-17-52(77)48-22-28-49(29-23-48)63(84)69-31-36-93-35-12-32-89-68(41-74)38-54(79)58(73-43(2)76)62(91-68)60(83)56(81)40-71-65(86)51-26-20-47(21-27-51)45-15-7-4-8-16-45;;;/h3-8,13-16,18-29,53-62,78-83H,9-12,17,30-40H2,1-2H3,(H,69,84)(H,70,85)(H,71,86)(H,72,75)(H,73,76)(H,87,88);;;1H2/q-1;2*+1;/p-2/t53-,54-,55+,56+,57+,58+,59+,60+,61+,62+,67+,68+;;;/m0.../s1. The van der Waals surface area contributed by atoms with Gasteiger partial charge in [0.05, 0.1) is 48.3 Å². The van der Waals surface area contributed by atoms with Crippen molar-refractivity contribution in [3.8, 4) is 22.3 Å². The Balaban J connectivity index is 0.00000653. The number of benzene rings is 5. The third-order valence-corrected chi connectivity index (χ3v) is 18.2. The molecule has 2 aliphatic heterocycles. The molecule has 5 amide bonds. The van der Waals surface area contributed by atoms with E-state index in [0.29, 0.717) is 71.9 Å². The number of thioether (sulfide) groups is 2. The van der Waals surface area contributed by atoms with Crippen molar-refractivity contribution in [2.24, 2.45) is 0 Å². The molecule has 96 heavy (non-hydrogen) atoms. The zero-order valence-electron chi connectivity index (χ0n) is 54.1. The second kappa shape index (κ2) is 41.2. The zero-order valence-corrected chi connectivity index (χ0v) is 59.8. The second-order valence-corrected chi connectivity index (χ2v) is 25.4. The molecule has 0 bridgehead atoms. The fourth-order valence-corrected chi connectivity index (χ4v) is 12.7. The van der Waals surface area contributed by atoms with Gasteiger partial charge in [-0.25, -0.2) is 6.29 Å². The average Bonchev–Trinajstić information content (AvgIpc) is 0.780. The molecule has 0 saturated carbocycles. The van der Waals surface area contributed by atoms with Crippen molar-refractivity contribution in [1.82, 2.24) is 26.6 Å². The minimum atomic E-state index is -2.16. The van der Waals surface area contributed by atoms with Gasteiger partial charge in [0.25, 0.3) is 17.7 Å². The molecular formula is C68H82N5Na2O19S2-. The number of Topliss-reactive ketones (excluding diaryl/α,β-unsaturated/α-hetero) is 1. The molecule has 0 aliphatic carbocycles. The minimum Gasteiger partial charge on any atom is -0.870 e. The monoisotopic (exact) mass is 1380 g/mol. The summed E-state index contributed by atoms with van der Waals surface area (Å²) >= 11 is 3.04. The SMILES string of the molecule is CC(=O)N[C@H]1[C@H]([C@H](O)[C@H](O)CNC(=O)c2ccc(-c3ccccc3)cc2)O[C@]([C-]=O)(OCCCSCCNC(=O)c2ccc(C(=O)CCCSCCCC[C@]3(C(=O)[O-])C[C@H](O)[C@@H](NC(C)=O)[C@H]([C@H](O)[C@H](O)CNC(=O)c4ccc(-c5ccccc5)cc4)O3)cc2)C[C@@H]1O.[Na+].[Na+].[OH-]. The predicted octanol–water partition coefficient (Wildman–Crippen LogP) is -3.50. The molecule has 2 saturated heterocycles. The first kappa shape index (κ1) is 83.0. The molecule has 24 nitrogen and oxygen atoms in total. The maximum Gasteiger partial charge on any atom is 1.00 e. The number of carboxylic acid groups (broad SMARTS) is 1. The summed E-state index contributed by atoms with van der Waals surface area (Å²) in [6.45, 7) is 1.69. The number of rotatable bonds is 35. The Kier molecular flexibility index (Phi) is 35.6. The maximum atomic E-state index is 13.0. The number of ketones is 1. The Labute approximate surface area is 610 Å². The van der Waals surface area contributed by atoms with E-state index in [-0.39, 0.29) is 101 Å². The van der Waals surface area contributed by atoms with Gasteiger partial charge in [-0.1, -0.05) is 97.1 Å². The molecule has 0 aromatic heterocycles. The summed E-state index contributed by atoms with van der Waals surface area (Å²) < 4.78 is 17.7. The van der Waals surface area contributed by atoms with Crippen molar-refractivity contribution in [3.05, 3.63) is 156 Å². The number of nitrogens with one attached hydrogen (secondary N) is 5. The molecular weight excluding hydrogens is 1300 g/mol. The van der Waals surface area contributed by atoms with Crippen LogP contribution in [0.5, 0.6) is 0 Å². The number of unbranched alkanes of at least 4 members (excludes halogenated alkanes) is 1. The van der Waals surface area contributed by atoms with Gasteiger partial charge in [0.15, 0.2) is 5.78 Å². The third-order valence-electron chi connectivity index (χ3n) is 16.0. The van der Waals surface area contributed by atoms with Crippen LogP contribution in [0.25, 0.3) is 22.3 Å². The Morgan fingerprint density at radius 2 is 0.979 bits per heavy atom. The van der Waals surface area contributed by atoms with Gasteiger partial charge in [-0.15, -0.1) is 0 Å². The van der Waals surface area contributed by atoms with Gasteiger partial charge in [-0.3, -0.25) is 28.8 Å². The fraction of sp³-hybridized carbons (Fsp3) is 0.441. The molecule has 7 rings (SSSR count). The summed E-state index contributed by atoms with van der Waals surface area (Å²) in [5, 5.41) is 92.7. The Hall–Kier alpha value is -5.44. The van der Waals surface area contributed by atoms with Gasteiger partial charge in [0, 0.05) is 87.4 Å². The third kappa shape index (κ3) is 24.2. The van der Waals surface area contributed by atoms with Crippen molar-refractivity contribution >= 4 is 71.1 Å². The summed E-state index contributed by atoms with van der Waals surface area (Å²) in [4.78, 5) is 101. The van der Waals surface area contributed by atoms with E-state index in [9.17, 15) is 74.1 Å². The number of carbonyl (C=O) groups excluding carboxylic acids is 8. The predicted molar refractivity (Wildman–Crippen MR) is 348 cm³/mol. The van der Waals surface area contributed by atoms with Crippen molar-refractivity contribution in [3.63, 3.8) is 0 Å². The number of amides is 5. The summed E-state index contributed by atoms with van der Waals surface area (Å²) in [5.74, 6) is -4.28. The molecule has 2 heterocycles. The summed E-state index contributed by atoms with van der Waals surface area (Å²) in [7, 11) is 0. The normalized spacial score (nSPS) is 21.7. The van der Waals surface area contributed by atoms with Crippen LogP contribution in [-0.4, -0.2) is 205 Å². The Morgan fingerprint density at radius 3 is 1.46 bits per heavy atom. The summed E-state index contributed by atoms with van der Waals surface area (Å²) in [6, 6.07) is 36.4. The molecule has 0 radical (unpaired) electrons. The largest absolute Gasteiger partial charge is 1.00 e. The molecule has 2 aliphatic rings. The first-order valence-corrected chi connectivity index (χ1v) is 33.1. The van der Waals surface area contributed by atoms with Crippen LogP contribution in [0.3, 0.4) is 0 Å². The number of carboxylic acids is 1. The summed E-state index contributed by atoms with van der Waals surface area (Å²) in [6.07, 6.45) is -10.6. The average molecular weight is 1380 g/mol. The van der Waals surface area contributed by atoms with Crippen molar-refractivity contribution in [2.75, 3.05) is 49.3 Å². The van der Waals surface area contributed by atoms with Gasteiger partial charge in [-0.05, 0) is 108 Å². The number of hydrogen-bond donors (Lipinski definition) is 11. The number of hydrogen-bond acceptors (Lipinski definition) is 21. The first-order chi connectivity index (χ1) is 44.6. The van der Waals surface area contributed by atoms with Crippen LogP contribution in [0.2, 0.25) is 0 Å². The quantitative estimate of drug-likeness (QED) is 0.00811. The molecule has 2 fully saturated rings. The van der Waals surface area contributed by atoms with Gasteiger partial charge in [0.1, 0.15) is 30.0 Å².